The standard InChI is InChI=1S/C18H20BrNO3/c1-3-11-23-16-10-9-13(12-17(16)22-4-2)18(21)20-15-8-6-5-7-14(15)19/h5-10,12H,3-4,11H2,1-2H3,(H,20,21). The van der Waals surface area contributed by atoms with E-state index in [1.807, 2.05) is 38.1 Å². The summed E-state index contributed by atoms with van der Waals surface area (Å²) in [4.78, 5) is 12.4. The van der Waals surface area contributed by atoms with Gasteiger partial charge in [-0.25, -0.2) is 0 Å². The van der Waals surface area contributed by atoms with E-state index in [2.05, 4.69) is 21.2 Å². The van der Waals surface area contributed by atoms with Crippen LogP contribution in [0.2, 0.25) is 0 Å². The second-order valence-corrected chi connectivity index (χ2v) is 5.73. The number of halogens is 1. The third-order valence-corrected chi connectivity index (χ3v) is 3.78. The summed E-state index contributed by atoms with van der Waals surface area (Å²) in [5.74, 6) is 1.05. The van der Waals surface area contributed by atoms with Crippen molar-refractivity contribution in [3.63, 3.8) is 0 Å². The van der Waals surface area contributed by atoms with E-state index in [1.165, 1.54) is 0 Å². The Morgan fingerprint density at radius 3 is 2.57 bits per heavy atom. The highest BCUT2D eigenvalue weighted by Crippen LogP contribution is 2.29. The average molecular weight is 378 g/mol. The molecule has 0 spiro atoms. The number of ether oxygens (including phenoxy) is 2. The van der Waals surface area contributed by atoms with Gasteiger partial charge in [-0.05, 0) is 59.6 Å². The molecule has 0 aliphatic rings. The second kappa shape index (κ2) is 8.58. The van der Waals surface area contributed by atoms with Crippen LogP contribution in [0.25, 0.3) is 0 Å². The number of nitrogens with one attached hydrogen (secondary N) is 1. The van der Waals surface area contributed by atoms with E-state index in [-0.39, 0.29) is 5.91 Å². The van der Waals surface area contributed by atoms with Gasteiger partial charge in [0.1, 0.15) is 0 Å². The van der Waals surface area contributed by atoms with Gasteiger partial charge in [0.15, 0.2) is 11.5 Å². The lowest BCUT2D eigenvalue weighted by atomic mass is 10.2. The molecule has 2 aromatic carbocycles. The van der Waals surface area contributed by atoms with Crippen molar-refractivity contribution in [1.29, 1.82) is 0 Å². The molecular weight excluding hydrogens is 358 g/mol. The molecule has 0 unspecified atom stereocenters. The highest BCUT2D eigenvalue weighted by atomic mass is 79.9. The number of hydrogen-bond acceptors (Lipinski definition) is 3. The van der Waals surface area contributed by atoms with Crippen molar-refractivity contribution < 1.29 is 14.3 Å². The Kier molecular flexibility index (Phi) is 6.47. The van der Waals surface area contributed by atoms with Gasteiger partial charge in [0.05, 0.1) is 18.9 Å². The van der Waals surface area contributed by atoms with Crippen molar-refractivity contribution >= 4 is 27.5 Å². The first-order chi connectivity index (χ1) is 11.2. The van der Waals surface area contributed by atoms with Gasteiger partial charge in [0, 0.05) is 10.0 Å². The molecular formula is C18H20BrNO3. The van der Waals surface area contributed by atoms with Crippen LogP contribution in [0.4, 0.5) is 5.69 Å². The number of amides is 1. The maximum atomic E-state index is 12.4. The van der Waals surface area contributed by atoms with Crippen LogP contribution in [-0.4, -0.2) is 19.1 Å². The van der Waals surface area contributed by atoms with Crippen LogP contribution in [0.15, 0.2) is 46.9 Å². The minimum atomic E-state index is -0.195. The Bertz CT molecular complexity index is 673. The highest BCUT2D eigenvalue weighted by Gasteiger charge is 2.12. The summed E-state index contributed by atoms with van der Waals surface area (Å²) in [5.41, 5.74) is 1.25. The van der Waals surface area contributed by atoms with Crippen LogP contribution in [0, 0.1) is 0 Å². The minimum Gasteiger partial charge on any atom is -0.490 e. The lowest BCUT2D eigenvalue weighted by Gasteiger charge is -2.13. The summed E-state index contributed by atoms with van der Waals surface area (Å²) in [5, 5.41) is 2.88. The zero-order valence-electron chi connectivity index (χ0n) is 13.3. The van der Waals surface area contributed by atoms with Gasteiger partial charge in [-0.3, -0.25) is 4.79 Å². The van der Waals surface area contributed by atoms with Gasteiger partial charge in [0.25, 0.3) is 5.91 Å². The van der Waals surface area contributed by atoms with Crippen LogP contribution in [0.1, 0.15) is 30.6 Å². The molecule has 1 N–H and O–H groups in total. The van der Waals surface area contributed by atoms with Crippen LogP contribution in [0.5, 0.6) is 11.5 Å². The van der Waals surface area contributed by atoms with Crippen LogP contribution in [0.3, 0.4) is 0 Å². The van der Waals surface area contributed by atoms with E-state index in [0.717, 1.165) is 16.6 Å². The Morgan fingerprint density at radius 1 is 1.09 bits per heavy atom. The van der Waals surface area contributed by atoms with Crippen LogP contribution in [-0.2, 0) is 0 Å². The van der Waals surface area contributed by atoms with E-state index >= 15 is 0 Å². The molecule has 0 aliphatic heterocycles. The monoisotopic (exact) mass is 377 g/mol. The summed E-state index contributed by atoms with van der Waals surface area (Å²) in [7, 11) is 0. The van der Waals surface area contributed by atoms with Crippen molar-refractivity contribution in [2.24, 2.45) is 0 Å². The fraction of sp³-hybridized carbons (Fsp3) is 0.278. The maximum Gasteiger partial charge on any atom is 0.255 e. The van der Waals surface area contributed by atoms with Gasteiger partial charge in [0.2, 0.25) is 0 Å². The first-order valence-corrected chi connectivity index (χ1v) is 8.40. The average Bonchev–Trinajstić information content (AvgIpc) is 2.56. The van der Waals surface area contributed by atoms with Crippen molar-refractivity contribution in [3.05, 3.63) is 52.5 Å². The Morgan fingerprint density at radius 2 is 1.87 bits per heavy atom. The molecule has 0 bridgehead atoms. The molecule has 2 rings (SSSR count). The van der Waals surface area contributed by atoms with Crippen molar-refractivity contribution in [3.8, 4) is 11.5 Å². The number of para-hydroxylation sites is 1. The molecule has 0 saturated carbocycles. The Balaban J connectivity index is 2.20. The molecule has 0 heterocycles. The minimum absolute atomic E-state index is 0.195. The molecule has 0 atom stereocenters. The molecule has 122 valence electrons. The largest absolute Gasteiger partial charge is 0.490 e. The predicted octanol–water partition coefficient (Wildman–Crippen LogP) is 4.89. The van der Waals surface area contributed by atoms with Gasteiger partial charge in [-0.1, -0.05) is 19.1 Å². The van der Waals surface area contributed by atoms with Gasteiger partial charge < -0.3 is 14.8 Å². The lowest BCUT2D eigenvalue weighted by molar-refractivity contribution is 0.102. The number of carbonyl (C=O) groups is 1. The third kappa shape index (κ3) is 4.73. The zero-order chi connectivity index (χ0) is 16.7. The highest BCUT2D eigenvalue weighted by molar-refractivity contribution is 9.10. The van der Waals surface area contributed by atoms with E-state index in [1.54, 1.807) is 18.2 Å². The number of benzene rings is 2. The first kappa shape index (κ1) is 17.3. The van der Waals surface area contributed by atoms with E-state index < -0.39 is 0 Å². The summed E-state index contributed by atoms with van der Waals surface area (Å²) < 4.78 is 12.1. The van der Waals surface area contributed by atoms with Crippen LogP contribution < -0.4 is 14.8 Å². The lowest BCUT2D eigenvalue weighted by Crippen LogP contribution is -2.12. The normalized spacial score (nSPS) is 10.2. The van der Waals surface area contributed by atoms with Crippen molar-refractivity contribution in [2.45, 2.75) is 20.3 Å². The molecule has 2 aromatic rings. The fourth-order valence-electron chi connectivity index (χ4n) is 2.01. The molecule has 0 fully saturated rings. The molecule has 0 aromatic heterocycles. The summed E-state index contributed by atoms with van der Waals surface area (Å²) in [6.07, 6.45) is 0.913. The molecule has 0 aliphatic carbocycles. The van der Waals surface area contributed by atoms with Crippen molar-refractivity contribution in [2.75, 3.05) is 18.5 Å². The van der Waals surface area contributed by atoms with E-state index in [0.29, 0.717) is 30.3 Å². The van der Waals surface area contributed by atoms with Crippen LogP contribution >= 0.6 is 15.9 Å². The number of hydrogen-bond donors (Lipinski definition) is 1. The van der Waals surface area contributed by atoms with E-state index in [4.69, 9.17) is 9.47 Å². The second-order valence-electron chi connectivity index (χ2n) is 4.88. The number of carbonyl (C=O) groups excluding carboxylic acids is 1. The van der Waals surface area contributed by atoms with Gasteiger partial charge >= 0.3 is 0 Å². The molecule has 0 radical (unpaired) electrons. The summed E-state index contributed by atoms with van der Waals surface area (Å²) in [6, 6.07) is 12.7. The Labute approximate surface area is 144 Å². The molecule has 4 nitrogen and oxygen atoms in total. The smallest absolute Gasteiger partial charge is 0.255 e. The van der Waals surface area contributed by atoms with Gasteiger partial charge in [-0.2, -0.15) is 0 Å². The molecule has 0 saturated heterocycles. The maximum absolute atomic E-state index is 12.4. The summed E-state index contributed by atoms with van der Waals surface area (Å²) >= 11 is 3.42. The zero-order valence-corrected chi connectivity index (χ0v) is 14.9. The fourth-order valence-corrected chi connectivity index (χ4v) is 2.39. The molecule has 23 heavy (non-hydrogen) atoms. The SMILES string of the molecule is CCCOc1ccc(C(=O)Nc2ccccc2Br)cc1OCC. The quantitative estimate of drug-likeness (QED) is 0.746. The Hall–Kier alpha value is -2.01. The number of anilines is 1. The number of rotatable bonds is 7. The molecule has 1 amide bonds. The predicted molar refractivity (Wildman–Crippen MR) is 95.5 cm³/mol. The third-order valence-electron chi connectivity index (χ3n) is 3.09. The van der Waals surface area contributed by atoms with Gasteiger partial charge in [-0.15, -0.1) is 0 Å². The topological polar surface area (TPSA) is 47.6 Å². The van der Waals surface area contributed by atoms with E-state index in [9.17, 15) is 4.79 Å². The first-order valence-electron chi connectivity index (χ1n) is 7.61. The molecule has 5 heteroatoms. The van der Waals surface area contributed by atoms with Crippen molar-refractivity contribution in [1.82, 2.24) is 0 Å². The summed E-state index contributed by atoms with van der Waals surface area (Å²) in [6.45, 7) is 5.07.